The van der Waals surface area contributed by atoms with Crippen LogP contribution < -0.4 is 0 Å². The van der Waals surface area contributed by atoms with Crippen LogP contribution in [0.15, 0.2) is 0 Å². The maximum atomic E-state index is 11.0. The van der Waals surface area contributed by atoms with Crippen LogP contribution in [0.5, 0.6) is 0 Å². The molecule has 0 aromatic heterocycles. The third kappa shape index (κ3) is 2.71. The minimum atomic E-state index is -2.41. The van der Waals surface area contributed by atoms with Gasteiger partial charge in [-0.05, 0) is 30.1 Å². The first kappa shape index (κ1) is 17.8. The quantitative estimate of drug-likeness (QED) is 0.781. The number of hydrogen-bond acceptors (Lipinski definition) is 2. The zero-order valence-corrected chi connectivity index (χ0v) is 17.4. The molecule has 17 heavy (non-hydrogen) atoms. The lowest BCUT2D eigenvalue weighted by molar-refractivity contribution is 0.507. The third-order valence-electron chi connectivity index (χ3n) is 4.09. The summed E-state index contributed by atoms with van der Waals surface area (Å²) in [5, 5.41) is 0. The molecule has 0 unspecified atom stereocenters. The second kappa shape index (κ2) is 4.41. The van der Waals surface area contributed by atoms with Crippen LogP contribution in [0.4, 0.5) is 0 Å². The minimum Gasteiger partial charge on any atom is -0.432 e. The van der Waals surface area contributed by atoms with Gasteiger partial charge >= 0.3 is 0 Å². The molecule has 0 bridgehead atoms. The average Bonchev–Trinajstić information content (AvgIpc) is 1.67. The Bertz CT molecular complexity index is 214. The standard InChI is InChI=1S/C11H32O2Si4/c1-14(2,3)11(15(4,5)6,16(7,8)12)17(9,10)13/h12-13H,1-10H3. The van der Waals surface area contributed by atoms with E-state index in [2.05, 4.69) is 65.5 Å². The van der Waals surface area contributed by atoms with Crippen molar-refractivity contribution in [2.75, 3.05) is 0 Å². The lowest BCUT2D eigenvalue weighted by atomic mass is 11.6. The Morgan fingerprint density at radius 1 is 0.529 bits per heavy atom. The van der Waals surface area contributed by atoms with Gasteiger partial charge in [-0.3, -0.25) is 0 Å². The second-order valence-corrected chi connectivity index (χ2v) is 29.6. The van der Waals surface area contributed by atoms with Crippen LogP contribution in [0.25, 0.3) is 0 Å². The van der Waals surface area contributed by atoms with Crippen molar-refractivity contribution < 1.29 is 9.59 Å². The first-order valence-electron chi connectivity index (χ1n) is 6.45. The van der Waals surface area contributed by atoms with Crippen molar-refractivity contribution in [2.45, 2.75) is 69.4 Å². The highest BCUT2D eigenvalue weighted by atomic mass is 28.5. The van der Waals surface area contributed by atoms with Gasteiger partial charge in [-0.15, -0.1) is 0 Å². The molecule has 104 valence electrons. The van der Waals surface area contributed by atoms with E-state index in [1.165, 1.54) is 0 Å². The Balaban J connectivity index is 6.37. The van der Waals surface area contributed by atoms with Gasteiger partial charge in [-0.1, -0.05) is 39.3 Å². The Labute approximate surface area is 112 Å². The summed E-state index contributed by atoms with van der Waals surface area (Å²) in [6.45, 7) is 22.2. The molecule has 2 N–H and O–H groups in total. The number of rotatable bonds is 4. The average molecular weight is 309 g/mol. The Morgan fingerprint density at radius 2 is 0.706 bits per heavy atom. The molecule has 0 saturated heterocycles. The summed E-state index contributed by atoms with van der Waals surface area (Å²) in [4.78, 5) is 22.0. The topological polar surface area (TPSA) is 40.5 Å². The summed E-state index contributed by atoms with van der Waals surface area (Å²) in [6.07, 6.45) is 0. The van der Waals surface area contributed by atoms with Crippen LogP contribution in [0.1, 0.15) is 0 Å². The number of hydrogen-bond donors (Lipinski definition) is 2. The first-order chi connectivity index (χ1) is 7.00. The molecule has 0 aliphatic rings. The maximum absolute atomic E-state index is 11.0. The predicted molar refractivity (Wildman–Crippen MR) is 88.8 cm³/mol. The van der Waals surface area contributed by atoms with Crippen LogP contribution in [-0.4, -0.2) is 42.4 Å². The van der Waals surface area contributed by atoms with E-state index in [0.29, 0.717) is 0 Å². The van der Waals surface area contributed by atoms with Crippen molar-refractivity contribution in [3.05, 3.63) is 0 Å². The highest BCUT2D eigenvalue weighted by Crippen LogP contribution is 2.57. The van der Waals surface area contributed by atoms with E-state index >= 15 is 0 Å². The highest BCUT2D eigenvalue weighted by Gasteiger charge is 2.69. The predicted octanol–water partition coefficient (Wildman–Crippen LogP) is 3.42. The third-order valence-corrected chi connectivity index (χ3v) is 36.8. The van der Waals surface area contributed by atoms with Crippen LogP contribution in [0.2, 0.25) is 69.4 Å². The van der Waals surface area contributed by atoms with E-state index in [0.717, 1.165) is 0 Å². The van der Waals surface area contributed by atoms with Crippen molar-refractivity contribution in [2.24, 2.45) is 0 Å². The fraction of sp³-hybridized carbons (Fsp3) is 1.00. The maximum Gasteiger partial charge on any atom is 0.183 e. The molecule has 6 heteroatoms. The molecule has 0 heterocycles. The smallest absolute Gasteiger partial charge is 0.183 e. The van der Waals surface area contributed by atoms with Gasteiger partial charge in [0.05, 0.1) is 0 Å². The summed E-state index contributed by atoms with van der Waals surface area (Å²) in [5.41, 5.74) is 0. The molecule has 0 aromatic carbocycles. The van der Waals surface area contributed by atoms with Gasteiger partial charge in [0.1, 0.15) is 0 Å². The summed E-state index contributed by atoms with van der Waals surface area (Å²) in [6, 6.07) is 0. The van der Waals surface area contributed by atoms with Crippen LogP contribution in [0.3, 0.4) is 0 Å². The molecule has 2 nitrogen and oxygen atoms in total. The molecule has 0 atom stereocenters. The van der Waals surface area contributed by atoms with Crippen molar-refractivity contribution in [1.82, 2.24) is 0 Å². The fourth-order valence-electron chi connectivity index (χ4n) is 5.54. The van der Waals surface area contributed by atoms with E-state index in [1.807, 2.05) is 0 Å². The van der Waals surface area contributed by atoms with Gasteiger partial charge in [0.2, 0.25) is 0 Å². The Morgan fingerprint density at radius 3 is 0.706 bits per heavy atom. The zero-order valence-electron chi connectivity index (χ0n) is 13.4. The molecule has 0 radical (unpaired) electrons. The van der Waals surface area contributed by atoms with E-state index in [1.54, 1.807) is 0 Å². The molecule has 0 aromatic rings. The summed E-state index contributed by atoms with van der Waals surface area (Å²) < 4.78 is -0.0833. The second-order valence-electron chi connectivity index (χ2n) is 8.37. The van der Waals surface area contributed by atoms with Gasteiger partial charge in [0.15, 0.2) is 16.6 Å². The minimum absolute atomic E-state index is 0.0833. The van der Waals surface area contributed by atoms with Crippen molar-refractivity contribution in [3.8, 4) is 0 Å². The Hall–Kier alpha value is 0.788. The molecule has 0 aliphatic heterocycles. The summed E-state index contributed by atoms with van der Waals surface area (Å²) >= 11 is 0. The van der Waals surface area contributed by atoms with E-state index in [-0.39, 0.29) is 3.91 Å². The van der Waals surface area contributed by atoms with Gasteiger partial charge in [0, 0.05) is 16.1 Å². The molecule has 0 rings (SSSR count). The molecular weight excluding hydrogens is 276 g/mol. The van der Waals surface area contributed by atoms with Crippen LogP contribution >= 0.6 is 0 Å². The van der Waals surface area contributed by atoms with E-state index in [9.17, 15) is 9.59 Å². The van der Waals surface area contributed by atoms with E-state index in [4.69, 9.17) is 0 Å². The lowest BCUT2D eigenvalue weighted by Crippen LogP contribution is -2.76. The van der Waals surface area contributed by atoms with Crippen molar-refractivity contribution >= 4 is 32.8 Å². The summed E-state index contributed by atoms with van der Waals surface area (Å²) in [7, 11) is -8.13. The fourth-order valence-corrected chi connectivity index (χ4v) is 49.9. The Kier molecular flexibility index (Phi) is 4.62. The first-order valence-corrected chi connectivity index (χ1v) is 19.3. The molecular formula is C11H32O2Si4. The van der Waals surface area contributed by atoms with Gasteiger partial charge in [-0.2, -0.15) is 0 Å². The van der Waals surface area contributed by atoms with Crippen LogP contribution in [0, 0.1) is 0 Å². The van der Waals surface area contributed by atoms with Gasteiger partial charge in [0.25, 0.3) is 0 Å². The van der Waals surface area contributed by atoms with Crippen LogP contribution in [-0.2, 0) is 0 Å². The van der Waals surface area contributed by atoms with Crippen molar-refractivity contribution in [1.29, 1.82) is 0 Å². The molecule has 0 aliphatic carbocycles. The van der Waals surface area contributed by atoms with Gasteiger partial charge in [-0.25, -0.2) is 0 Å². The lowest BCUT2D eigenvalue weighted by Gasteiger charge is -2.62. The highest BCUT2D eigenvalue weighted by molar-refractivity contribution is 7.26. The SMILES string of the molecule is C[Si](C)(C)C([Si](C)(C)C)([Si](C)(C)O)[Si](C)(C)O. The molecule has 0 spiro atoms. The largest absolute Gasteiger partial charge is 0.432 e. The molecule has 0 amide bonds. The molecule has 0 fully saturated rings. The van der Waals surface area contributed by atoms with Gasteiger partial charge < -0.3 is 9.59 Å². The zero-order chi connectivity index (χ0) is 14.5. The van der Waals surface area contributed by atoms with Crippen molar-refractivity contribution in [3.63, 3.8) is 0 Å². The monoisotopic (exact) mass is 308 g/mol. The molecule has 0 saturated carbocycles. The normalized spacial score (nSPS) is 16.2. The van der Waals surface area contributed by atoms with E-state index < -0.39 is 32.8 Å². The summed E-state index contributed by atoms with van der Waals surface area (Å²) in [5.74, 6) is 0.